The molecule has 0 radical (unpaired) electrons. The number of anilines is 1. The van der Waals surface area contributed by atoms with Gasteiger partial charge in [0.05, 0.1) is 18.1 Å². The standard InChI is InChI=1S/C14H18N4O3/c1-3-18-12-8-11(5-4-10(12)9-15-18)16-14(21)17(2)7-6-13(19)20/h4-5,8-9H,3,6-7H2,1-2H3,(H,16,21)(H,19,20). The molecule has 21 heavy (non-hydrogen) atoms. The lowest BCUT2D eigenvalue weighted by molar-refractivity contribution is -0.137. The minimum absolute atomic E-state index is 0.0778. The molecule has 112 valence electrons. The first-order valence-corrected chi connectivity index (χ1v) is 6.70. The molecular weight excluding hydrogens is 272 g/mol. The van der Waals surface area contributed by atoms with Crippen molar-refractivity contribution in [3.05, 3.63) is 24.4 Å². The summed E-state index contributed by atoms with van der Waals surface area (Å²) in [7, 11) is 1.56. The van der Waals surface area contributed by atoms with E-state index in [9.17, 15) is 9.59 Å². The van der Waals surface area contributed by atoms with Gasteiger partial charge in [-0.1, -0.05) is 0 Å². The maximum absolute atomic E-state index is 12.0. The molecule has 0 unspecified atom stereocenters. The monoisotopic (exact) mass is 290 g/mol. The molecule has 1 aromatic heterocycles. The Kier molecular flexibility index (Phi) is 4.42. The van der Waals surface area contributed by atoms with Crippen LogP contribution in [0.2, 0.25) is 0 Å². The van der Waals surface area contributed by atoms with Crippen LogP contribution in [0.1, 0.15) is 13.3 Å². The predicted molar refractivity (Wildman–Crippen MR) is 79.3 cm³/mol. The van der Waals surface area contributed by atoms with Crippen molar-refractivity contribution in [2.45, 2.75) is 19.9 Å². The van der Waals surface area contributed by atoms with Gasteiger partial charge < -0.3 is 15.3 Å². The van der Waals surface area contributed by atoms with Crippen molar-refractivity contribution in [1.82, 2.24) is 14.7 Å². The fourth-order valence-corrected chi connectivity index (χ4v) is 1.98. The highest BCUT2D eigenvalue weighted by Gasteiger charge is 2.11. The maximum Gasteiger partial charge on any atom is 0.321 e. The zero-order valence-corrected chi connectivity index (χ0v) is 12.0. The minimum atomic E-state index is -0.928. The van der Waals surface area contributed by atoms with E-state index in [2.05, 4.69) is 10.4 Å². The van der Waals surface area contributed by atoms with Crippen molar-refractivity contribution in [1.29, 1.82) is 0 Å². The second kappa shape index (κ2) is 6.25. The van der Waals surface area contributed by atoms with Gasteiger partial charge >= 0.3 is 12.0 Å². The van der Waals surface area contributed by atoms with Gasteiger partial charge in [-0.25, -0.2) is 4.79 Å². The number of urea groups is 1. The molecular formula is C14H18N4O3. The lowest BCUT2D eigenvalue weighted by Gasteiger charge is -2.17. The smallest absolute Gasteiger partial charge is 0.321 e. The number of aromatic nitrogens is 2. The number of nitrogens with zero attached hydrogens (tertiary/aromatic N) is 3. The number of amides is 2. The number of carboxylic acid groups (broad SMARTS) is 1. The van der Waals surface area contributed by atoms with E-state index >= 15 is 0 Å². The van der Waals surface area contributed by atoms with Crippen molar-refractivity contribution < 1.29 is 14.7 Å². The number of carbonyl (C=O) groups excluding carboxylic acids is 1. The average molecular weight is 290 g/mol. The normalized spacial score (nSPS) is 10.6. The van der Waals surface area contributed by atoms with E-state index in [4.69, 9.17) is 5.11 Å². The molecule has 2 aromatic rings. The molecule has 7 heteroatoms. The van der Waals surface area contributed by atoms with Crippen LogP contribution in [0.15, 0.2) is 24.4 Å². The number of aliphatic carboxylic acids is 1. The number of benzene rings is 1. The molecule has 1 heterocycles. The van der Waals surface area contributed by atoms with Gasteiger partial charge in [0.1, 0.15) is 0 Å². The highest BCUT2D eigenvalue weighted by molar-refractivity contribution is 5.92. The van der Waals surface area contributed by atoms with Crippen molar-refractivity contribution in [2.24, 2.45) is 0 Å². The van der Waals surface area contributed by atoms with E-state index in [-0.39, 0.29) is 19.0 Å². The van der Waals surface area contributed by atoms with Crippen LogP contribution >= 0.6 is 0 Å². The molecule has 0 aliphatic carbocycles. The lowest BCUT2D eigenvalue weighted by Crippen LogP contribution is -2.33. The van der Waals surface area contributed by atoms with Gasteiger partial charge in [0.15, 0.2) is 0 Å². The number of carboxylic acids is 1. The molecule has 0 saturated carbocycles. The van der Waals surface area contributed by atoms with Crippen LogP contribution in [0.3, 0.4) is 0 Å². The Bertz CT molecular complexity index is 665. The first kappa shape index (κ1) is 14.8. The third kappa shape index (κ3) is 3.50. The molecule has 0 bridgehead atoms. The van der Waals surface area contributed by atoms with E-state index in [1.807, 2.05) is 23.7 Å². The second-order valence-electron chi connectivity index (χ2n) is 4.73. The summed E-state index contributed by atoms with van der Waals surface area (Å²) in [5.41, 5.74) is 1.60. The van der Waals surface area contributed by atoms with Gasteiger partial charge in [-0.3, -0.25) is 9.48 Å². The average Bonchev–Trinajstić information content (AvgIpc) is 2.86. The number of fused-ring (bicyclic) bond motifs is 1. The Hall–Kier alpha value is -2.57. The van der Waals surface area contributed by atoms with Crippen LogP contribution in [0.25, 0.3) is 10.9 Å². The SMILES string of the molecule is CCn1ncc2ccc(NC(=O)N(C)CCC(=O)O)cc21. The maximum atomic E-state index is 12.0. The number of aryl methyl sites for hydroxylation is 1. The third-order valence-corrected chi connectivity index (χ3v) is 3.20. The van der Waals surface area contributed by atoms with Gasteiger partial charge in [-0.05, 0) is 25.1 Å². The summed E-state index contributed by atoms with van der Waals surface area (Å²) in [5.74, 6) is -0.928. The molecule has 0 spiro atoms. The number of hydrogen-bond acceptors (Lipinski definition) is 3. The van der Waals surface area contributed by atoms with E-state index < -0.39 is 5.97 Å². The summed E-state index contributed by atoms with van der Waals surface area (Å²) in [4.78, 5) is 23.8. The Labute approximate surface area is 122 Å². The van der Waals surface area contributed by atoms with Gasteiger partial charge in [0.2, 0.25) is 0 Å². The van der Waals surface area contributed by atoms with Crippen molar-refractivity contribution in [3.8, 4) is 0 Å². The summed E-state index contributed by atoms with van der Waals surface area (Å²) in [6, 6.07) is 5.21. The van der Waals surface area contributed by atoms with Crippen LogP contribution in [-0.4, -0.2) is 45.4 Å². The van der Waals surface area contributed by atoms with E-state index in [1.54, 1.807) is 19.3 Å². The Morgan fingerprint density at radius 2 is 2.19 bits per heavy atom. The summed E-state index contributed by atoms with van der Waals surface area (Å²) in [5, 5.41) is 16.6. The summed E-state index contributed by atoms with van der Waals surface area (Å²) in [6.45, 7) is 2.91. The van der Waals surface area contributed by atoms with E-state index in [0.717, 1.165) is 17.4 Å². The van der Waals surface area contributed by atoms with Gasteiger partial charge in [-0.2, -0.15) is 5.10 Å². The molecule has 0 fully saturated rings. The van der Waals surface area contributed by atoms with E-state index in [0.29, 0.717) is 5.69 Å². The Morgan fingerprint density at radius 3 is 2.86 bits per heavy atom. The molecule has 0 aliphatic rings. The van der Waals surface area contributed by atoms with Crippen LogP contribution in [0.4, 0.5) is 10.5 Å². The van der Waals surface area contributed by atoms with Gasteiger partial charge in [0, 0.05) is 31.2 Å². The van der Waals surface area contributed by atoms with Crippen molar-refractivity contribution in [3.63, 3.8) is 0 Å². The predicted octanol–water partition coefficient (Wildman–Crippen LogP) is 1.99. The first-order chi connectivity index (χ1) is 10.0. The molecule has 2 N–H and O–H groups in total. The molecule has 7 nitrogen and oxygen atoms in total. The van der Waals surface area contributed by atoms with Gasteiger partial charge in [-0.15, -0.1) is 0 Å². The van der Waals surface area contributed by atoms with Crippen LogP contribution in [0, 0.1) is 0 Å². The summed E-state index contributed by atoms with van der Waals surface area (Å²) >= 11 is 0. The Balaban J connectivity index is 2.08. The van der Waals surface area contributed by atoms with Crippen LogP contribution in [-0.2, 0) is 11.3 Å². The summed E-state index contributed by atoms with van der Waals surface area (Å²) < 4.78 is 1.85. The fourth-order valence-electron chi connectivity index (χ4n) is 1.98. The Morgan fingerprint density at radius 1 is 1.43 bits per heavy atom. The molecule has 2 amide bonds. The molecule has 0 saturated heterocycles. The molecule has 1 aromatic carbocycles. The van der Waals surface area contributed by atoms with Crippen LogP contribution in [0.5, 0.6) is 0 Å². The third-order valence-electron chi connectivity index (χ3n) is 3.20. The number of nitrogens with one attached hydrogen (secondary N) is 1. The topological polar surface area (TPSA) is 87.5 Å². The fraction of sp³-hybridized carbons (Fsp3) is 0.357. The zero-order valence-electron chi connectivity index (χ0n) is 12.0. The number of carbonyl (C=O) groups is 2. The number of hydrogen-bond donors (Lipinski definition) is 2. The largest absolute Gasteiger partial charge is 0.481 e. The molecule has 0 atom stereocenters. The highest BCUT2D eigenvalue weighted by atomic mass is 16.4. The first-order valence-electron chi connectivity index (χ1n) is 6.70. The van der Waals surface area contributed by atoms with Crippen molar-refractivity contribution in [2.75, 3.05) is 18.9 Å². The second-order valence-corrected chi connectivity index (χ2v) is 4.73. The van der Waals surface area contributed by atoms with E-state index in [1.165, 1.54) is 4.90 Å². The molecule has 0 aliphatic heterocycles. The van der Waals surface area contributed by atoms with Crippen molar-refractivity contribution >= 4 is 28.6 Å². The molecule has 2 rings (SSSR count). The van der Waals surface area contributed by atoms with Gasteiger partial charge in [0.25, 0.3) is 0 Å². The minimum Gasteiger partial charge on any atom is -0.481 e. The number of rotatable bonds is 5. The quantitative estimate of drug-likeness (QED) is 0.881. The highest BCUT2D eigenvalue weighted by Crippen LogP contribution is 2.19. The summed E-state index contributed by atoms with van der Waals surface area (Å²) in [6.07, 6.45) is 1.70. The lowest BCUT2D eigenvalue weighted by atomic mass is 10.2. The van der Waals surface area contributed by atoms with Crippen LogP contribution < -0.4 is 5.32 Å². The zero-order chi connectivity index (χ0) is 15.4.